The topological polar surface area (TPSA) is 72.7 Å². The predicted octanol–water partition coefficient (Wildman–Crippen LogP) is 2.95. The van der Waals surface area contributed by atoms with Gasteiger partial charge in [-0.2, -0.15) is 0 Å². The van der Waals surface area contributed by atoms with Crippen molar-refractivity contribution in [1.29, 1.82) is 0 Å². The Morgan fingerprint density at radius 2 is 1.92 bits per heavy atom. The van der Waals surface area contributed by atoms with E-state index in [0.29, 0.717) is 12.2 Å². The second-order valence-electron chi connectivity index (χ2n) is 6.49. The van der Waals surface area contributed by atoms with E-state index < -0.39 is 10.0 Å². The number of imidazole rings is 1. The molecule has 7 heteroatoms. The molecule has 0 bridgehead atoms. The van der Waals surface area contributed by atoms with Crippen LogP contribution in [-0.2, 0) is 16.4 Å². The largest absolute Gasteiger partial charge is 0.491 e. The van der Waals surface area contributed by atoms with Gasteiger partial charge in [0.25, 0.3) is 0 Å². The van der Waals surface area contributed by atoms with Gasteiger partial charge in [0.1, 0.15) is 11.4 Å². The Balaban J connectivity index is 1.62. The Kier molecular flexibility index (Phi) is 5.29. The van der Waals surface area contributed by atoms with Gasteiger partial charge >= 0.3 is 0 Å². The molecule has 1 N–H and O–H groups in total. The molecule has 138 valence electrons. The van der Waals surface area contributed by atoms with Crippen LogP contribution in [0, 0.1) is 6.92 Å². The molecule has 3 rings (SSSR count). The molecule has 0 aliphatic rings. The fourth-order valence-electron chi connectivity index (χ4n) is 2.62. The van der Waals surface area contributed by atoms with E-state index in [0.717, 1.165) is 16.9 Å². The van der Waals surface area contributed by atoms with Gasteiger partial charge in [-0.05, 0) is 62.7 Å². The number of sulfonamides is 1. The van der Waals surface area contributed by atoms with E-state index >= 15 is 0 Å². The minimum Gasteiger partial charge on any atom is -0.491 e. The van der Waals surface area contributed by atoms with Crippen LogP contribution in [-0.4, -0.2) is 30.5 Å². The summed E-state index contributed by atoms with van der Waals surface area (Å²) in [6, 6.07) is 10.4. The van der Waals surface area contributed by atoms with Crippen molar-refractivity contribution < 1.29 is 13.2 Å². The quantitative estimate of drug-likeness (QED) is 0.691. The molecule has 3 aromatic rings. The lowest BCUT2D eigenvalue weighted by Gasteiger charge is -2.10. The van der Waals surface area contributed by atoms with E-state index in [4.69, 9.17) is 4.74 Å². The molecule has 0 atom stereocenters. The maximum absolute atomic E-state index is 12.4. The lowest BCUT2D eigenvalue weighted by molar-refractivity contribution is 0.242. The highest BCUT2D eigenvalue weighted by molar-refractivity contribution is 7.89. The third-order valence-electron chi connectivity index (χ3n) is 3.84. The third-order valence-corrected chi connectivity index (χ3v) is 5.32. The summed E-state index contributed by atoms with van der Waals surface area (Å²) in [7, 11) is -3.55. The molecule has 0 amide bonds. The number of hydrogen-bond acceptors (Lipinski definition) is 4. The fraction of sp³-hybridized carbons (Fsp3) is 0.316. The van der Waals surface area contributed by atoms with Crippen LogP contribution < -0.4 is 9.46 Å². The van der Waals surface area contributed by atoms with Gasteiger partial charge in [0.2, 0.25) is 10.0 Å². The number of benzene rings is 1. The lowest BCUT2D eigenvalue weighted by atomic mass is 10.3. The van der Waals surface area contributed by atoms with E-state index in [1.54, 1.807) is 24.3 Å². The maximum Gasteiger partial charge on any atom is 0.240 e. The number of aryl methyl sites for hydroxylation is 1. The van der Waals surface area contributed by atoms with Crippen molar-refractivity contribution in [3.63, 3.8) is 0 Å². The number of aromatic nitrogens is 2. The zero-order chi connectivity index (χ0) is 18.7. The molecule has 6 nitrogen and oxygen atoms in total. The van der Waals surface area contributed by atoms with Gasteiger partial charge in [-0.25, -0.2) is 18.1 Å². The summed E-state index contributed by atoms with van der Waals surface area (Å²) in [5.74, 6) is 0.652. The number of rotatable bonds is 7. The standard InChI is InChI=1S/C19H23N3O3S/c1-14(2)25-17-4-6-18(7-5-17)26(23,24)20-10-8-16-13-22-11-9-15(3)12-19(22)21-16/h4-7,9,11-14,20H,8,10H2,1-3H3. The highest BCUT2D eigenvalue weighted by Crippen LogP contribution is 2.17. The molecule has 0 aliphatic heterocycles. The molecular weight excluding hydrogens is 350 g/mol. The monoisotopic (exact) mass is 373 g/mol. The summed E-state index contributed by atoms with van der Waals surface area (Å²) in [4.78, 5) is 4.74. The predicted molar refractivity (Wildman–Crippen MR) is 101 cm³/mol. The van der Waals surface area contributed by atoms with E-state index in [-0.39, 0.29) is 17.5 Å². The molecule has 0 saturated carbocycles. The van der Waals surface area contributed by atoms with Crippen molar-refractivity contribution in [3.8, 4) is 5.75 Å². The molecule has 26 heavy (non-hydrogen) atoms. The highest BCUT2D eigenvalue weighted by Gasteiger charge is 2.14. The number of nitrogens with zero attached hydrogens (tertiary/aromatic N) is 2. The molecule has 0 radical (unpaired) electrons. The first-order chi connectivity index (χ1) is 12.3. The van der Waals surface area contributed by atoms with Gasteiger partial charge in [-0.15, -0.1) is 0 Å². The summed E-state index contributed by atoms with van der Waals surface area (Å²) in [6.07, 6.45) is 4.44. The number of nitrogens with one attached hydrogen (secondary N) is 1. The van der Waals surface area contributed by atoms with Crippen LogP contribution in [0.15, 0.2) is 53.7 Å². The fourth-order valence-corrected chi connectivity index (χ4v) is 3.65. The summed E-state index contributed by atoms with van der Waals surface area (Å²) in [5.41, 5.74) is 2.85. The first-order valence-corrected chi connectivity index (χ1v) is 10.0. The first kappa shape index (κ1) is 18.4. The number of ether oxygens (including phenoxy) is 1. The Hall–Kier alpha value is -2.38. The van der Waals surface area contributed by atoms with Crippen LogP contribution in [0.1, 0.15) is 25.1 Å². The van der Waals surface area contributed by atoms with Gasteiger partial charge in [-0.1, -0.05) is 0 Å². The van der Waals surface area contributed by atoms with Crippen molar-refractivity contribution in [2.75, 3.05) is 6.54 Å². The zero-order valence-corrected chi connectivity index (χ0v) is 16.0. The van der Waals surface area contributed by atoms with Crippen LogP contribution in [0.4, 0.5) is 0 Å². The summed E-state index contributed by atoms with van der Waals surface area (Å²) in [5, 5.41) is 0. The molecule has 0 unspecified atom stereocenters. The van der Waals surface area contributed by atoms with Gasteiger partial charge in [-0.3, -0.25) is 0 Å². The van der Waals surface area contributed by atoms with Gasteiger partial charge in [0.05, 0.1) is 16.7 Å². The molecule has 0 saturated heterocycles. The second kappa shape index (κ2) is 7.47. The minimum absolute atomic E-state index is 0.0461. The second-order valence-corrected chi connectivity index (χ2v) is 8.25. The summed E-state index contributed by atoms with van der Waals surface area (Å²) >= 11 is 0. The Labute approximate surface area is 153 Å². The van der Waals surface area contributed by atoms with Crippen molar-refractivity contribution in [1.82, 2.24) is 14.1 Å². The van der Waals surface area contributed by atoms with Crippen molar-refractivity contribution >= 4 is 15.7 Å². The number of hydrogen-bond donors (Lipinski definition) is 1. The molecule has 0 aliphatic carbocycles. The van der Waals surface area contributed by atoms with Crippen LogP contribution in [0.3, 0.4) is 0 Å². The van der Waals surface area contributed by atoms with Crippen LogP contribution in [0.5, 0.6) is 5.75 Å². The zero-order valence-electron chi connectivity index (χ0n) is 15.1. The van der Waals surface area contributed by atoms with Crippen molar-refractivity contribution in [3.05, 3.63) is 60.0 Å². The summed E-state index contributed by atoms with van der Waals surface area (Å²) < 4.78 is 34.9. The van der Waals surface area contributed by atoms with Gasteiger partial charge < -0.3 is 9.14 Å². The smallest absolute Gasteiger partial charge is 0.240 e. The van der Waals surface area contributed by atoms with Crippen molar-refractivity contribution in [2.45, 2.75) is 38.2 Å². The Morgan fingerprint density at radius 1 is 1.19 bits per heavy atom. The van der Waals surface area contributed by atoms with Crippen LogP contribution in [0.25, 0.3) is 5.65 Å². The van der Waals surface area contributed by atoms with E-state index in [9.17, 15) is 8.42 Å². The van der Waals surface area contributed by atoms with E-state index in [1.807, 2.05) is 49.7 Å². The van der Waals surface area contributed by atoms with Gasteiger partial charge in [0.15, 0.2) is 0 Å². The average molecular weight is 373 g/mol. The minimum atomic E-state index is -3.55. The summed E-state index contributed by atoms with van der Waals surface area (Å²) in [6.45, 7) is 6.15. The molecule has 2 heterocycles. The first-order valence-electron chi connectivity index (χ1n) is 8.54. The normalized spacial score (nSPS) is 12.0. The van der Waals surface area contributed by atoms with Crippen LogP contribution in [0.2, 0.25) is 0 Å². The highest BCUT2D eigenvalue weighted by atomic mass is 32.2. The average Bonchev–Trinajstić information content (AvgIpc) is 2.96. The Morgan fingerprint density at radius 3 is 2.62 bits per heavy atom. The molecule has 1 aromatic carbocycles. The molecule has 2 aromatic heterocycles. The number of fused-ring (bicyclic) bond motifs is 1. The van der Waals surface area contributed by atoms with Crippen LogP contribution >= 0.6 is 0 Å². The Bertz CT molecular complexity index is 993. The van der Waals surface area contributed by atoms with E-state index in [1.165, 1.54) is 0 Å². The lowest BCUT2D eigenvalue weighted by Crippen LogP contribution is -2.26. The van der Waals surface area contributed by atoms with Crippen molar-refractivity contribution in [2.24, 2.45) is 0 Å². The third kappa shape index (κ3) is 4.42. The van der Waals surface area contributed by atoms with Gasteiger partial charge in [0, 0.05) is 25.4 Å². The number of pyridine rings is 1. The van der Waals surface area contributed by atoms with E-state index in [2.05, 4.69) is 9.71 Å². The maximum atomic E-state index is 12.4. The molecule has 0 fully saturated rings. The molecule has 0 spiro atoms. The SMILES string of the molecule is Cc1ccn2cc(CCNS(=O)(=O)c3ccc(OC(C)C)cc3)nc2c1. The molecular formula is C19H23N3O3S.